The maximum atomic E-state index is 12.5. The van der Waals surface area contributed by atoms with Crippen molar-refractivity contribution in [1.29, 1.82) is 0 Å². The zero-order valence-electron chi connectivity index (χ0n) is 14.5. The first-order chi connectivity index (χ1) is 13.0. The van der Waals surface area contributed by atoms with Crippen molar-refractivity contribution in [3.05, 3.63) is 70.3 Å². The largest absolute Gasteiger partial charge is 0.445 e. The van der Waals surface area contributed by atoms with Gasteiger partial charge in [0, 0.05) is 24.4 Å². The summed E-state index contributed by atoms with van der Waals surface area (Å²) in [6.07, 6.45) is 0.720. The Kier molecular flexibility index (Phi) is 5.65. The third-order valence-electron chi connectivity index (χ3n) is 4.34. The molecule has 1 aliphatic rings. The Hall–Kier alpha value is -3.42. The molecule has 1 fully saturated rings. The minimum atomic E-state index is -0.622. The molecule has 0 aromatic heterocycles. The van der Waals surface area contributed by atoms with Crippen LogP contribution >= 0.6 is 0 Å². The van der Waals surface area contributed by atoms with Gasteiger partial charge in [0.2, 0.25) is 5.91 Å². The quantitative estimate of drug-likeness (QED) is 0.643. The minimum Gasteiger partial charge on any atom is -0.445 e. The van der Waals surface area contributed by atoms with E-state index in [4.69, 9.17) is 4.74 Å². The Morgan fingerprint density at radius 1 is 1.15 bits per heavy atom. The fourth-order valence-electron chi connectivity index (χ4n) is 2.95. The average Bonchev–Trinajstić information content (AvgIpc) is 3.17. The highest BCUT2D eigenvalue weighted by Gasteiger charge is 2.35. The molecule has 0 aliphatic carbocycles. The second kappa shape index (κ2) is 8.31. The predicted molar refractivity (Wildman–Crippen MR) is 98.1 cm³/mol. The van der Waals surface area contributed by atoms with Gasteiger partial charge in [0.15, 0.2) is 0 Å². The molecule has 140 valence electrons. The van der Waals surface area contributed by atoms with Crippen LogP contribution in [0.15, 0.2) is 54.6 Å². The number of rotatable bonds is 5. The molecule has 2 aromatic carbocycles. The Balaban J connectivity index is 1.58. The number of likely N-dealkylation sites (tertiary alicyclic amines) is 1. The number of non-ortho nitro benzene ring substituents is 1. The number of hydrogen-bond acceptors (Lipinski definition) is 5. The highest BCUT2D eigenvalue weighted by Crippen LogP contribution is 2.22. The summed E-state index contributed by atoms with van der Waals surface area (Å²) in [4.78, 5) is 36.5. The second-order valence-electron chi connectivity index (χ2n) is 6.18. The summed E-state index contributed by atoms with van der Waals surface area (Å²) in [6, 6.07) is 14.2. The molecule has 0 bridgehead atoms. The molecule has 1 heterocycles. The van der Waals surface area contributed by atoms with Gasteiger partial charge in [-0.25, -0.2) is 4.79 Å². The summed E-state index contributed by atoms with van der Waals surface area (Å²) in [5.74, 6) is -0.335. The van der Waals surface area contributed by atoms with Gasteiger partial charge >= 0.3 is 6.09 Å². The molecule has 27 heavy (non-hydrogen) atoms. The first kappa shape index (κ1) is 18.4. The van der Waals surface area contributed by atoms with Crippen molar-refractivity contribution in [2.24, 2.45) is 0 Å². The molecule has 0 spiro atoms. The van der Waals surface area contributed by atoms with Crippen LogP contribution in [-0.4, -0.2) is 34.4 Å². The molecule has 1 saturated heterocycles. The van der Waals surface area contributed by atoms with Gasteiger partial charge < -0.3 is 10.1 Å². The summed E-state index contributed by atoms with van der Waals surface area (Å²) in [5.41, 5.74) is 1.26. The molecule has 1 aliphatic heterocycles. The van der Waals surface area contributed by atoms with E-state index in [2.05, 4.69) is 5.32 Å². The smallest absolute Gasteiger partial charge is 0.410 e. The molecule has 1 N–H and O–H groups in total. The summed E-state index contributed by atoms with van der Waals surface area (Å²) < 4.78 is 5.32. The van der Waals surface area contributed by atoms with Crippen LogP contribution in [0.4, 0.5) is 16.2 Å². The van der Waals surface area contributed by atoms with Gasteiger partial charge in [0.25, 0.3) is 5.69 Å². The van der Waals surface area contributed by atoms with Gasteiger partial charge in [0.05, 0.1) is 4.92 Å². The number of nitrogens with one attached hydrogen (secondary N) is 1. The fourth-order valence-corrected chi connectivity index (χ4v) is 2.95. The van der Waals surface area contributed by atoms with Crippen LogP contribution in [0.2, 0.25) is 0 Å². The fraction of sp³-hybridized carbons (Fsp3) is 0.263. The number of amides is 2. The van der Waals surface area contributed by atoms with E-state index in [1.165, 1.54) is 29.2 Å². The summed E-state index contributed by atoms with van der Waals surface area (Å²) >= 11 is 0. The number of nitrogens with zero attached hydrogens (tertiary/aromatic N) is 2. The van der Waals surface area contributed by atoms with Gasteiger partial charge in [-0.1, -0.05) is 30.3 Å². The van der Waals surface area contributed by atoms with E-state index in [1.807, 2.05) is 30.3 Å². The lowest BCUT2D eigenvalue weighted by Gasteiger charge is -2.23. The maximum Gasteiger partial charge on any atom is 0.410 e. The molecule has 2 amide bonds. The standard InChI is InChI=1S/C19H19N3O5/c23-18(20-15-8-10-16(11-9-15)22(25)26)17-7-4-12-21(17)19(24)27-13-14-5-2-1-3-6-14/h1-3,5-6,8-11,17H,4,7,12-13H2,(H,20,23). The van der Waals surface area contributed by atoms with Gasteiger partial charge in [-0.05, 0) is 30.5 Å². The number of nitro groups is 1. The predicted octanol–water partition coefficient (Wildman–Crippen LogP) is 3.33. The molecular weight excluding hydrogens is 350 g/mol. The van der Waals surface area contributed by atoms with Crippen LogP contribution in [0, 0.1) is 10.1 Å². The van der Waals surface area contributed by atoms with Crippen molar-refractivity contribution >= 4 is 23.4 Å². The number of hydrogen-bond donors (Lipinski definition) is 1. The van der Waals surface area contributed by atoms with Crippen molar-refractivity contribution in [2.75, 3.05) is 11.9 Å². The van der Waals surface area contributed by atoms with Crippen molar-refractivity contribution in [2.45, 2.75) is 25.5 Å². The van der Waals surface area contributed by atoms with Crippen molar-refractivity contribution in [3.63, 3.8) is 0 Å². The number of anilines is 1. The lowest BCUT2D eigenvalue weighted by atomic mass is 10.2. The highest BCUT2D eigenvalue weighted by molar-refractivity contribution is 5.96. The third kappa shape index (κ3) is 4.60. The van der Waals surface area contributed by atoms with Crippen molar-refractivity contribution in [1.82, 2.24) is 4.90 Å². The summed E-state index contributed by atoms with van der Waals surface area (Å²) in [5, 5.41) is 13.4. The second-order valence-corrected chi connectivity index (χ2v) is 6.18. The van der Waals surface area contributed by atoms with Crippen LogP contribution in [-0.2, 0) is 16.1 Å². The van der Waals surface area contributed by atoms with E-state index >= 15 is 0 Å². The summed E-state index contributed by atoms with van der Waals surface area (Å²) in [6.45, 7) is 0.596. The van der Waals surface area contributed by atoms with E-state index < -0.39 is 17.1 Å². The Morgan fingerprint density at radius 3 is 2.52 bits per heavy atom. The lowest BCUT2D eigenvalue weighted by Crippen LogP contribution is -2.43. The van der Waals surface area contributed by atoms with E-state index in [1.54, 1.807) is 0 Å². The van der Waals surface area contributed by atoms with E-state index in [-0.39, 0.29) is 18.2 Å². The SMILES string of the molecule is O=C(Nc1ccc([N+](=O)[O-])cc1)C1CCCN1C(=O)OCc1ccccc1. The molecule has 0 saturated carbocycles. The van der Waals surface area contributed by atoms with Crippen LogP contribution in [0.1, 0.15) is 18.4 Å². The Labute approximate surface area is 155 Å². The van der Waals surface area contributed by atoms with Crippen LogP contribution < -0.4 is 5.32 Å². The Bertz CT molecular complexity index is 823. The average molecular weight is 369 g/mol. The molecule has 2 aromatic rings. The normalized spacial score (nSPS) is 16.0. The molecule has 1 atom stereocenters. The van der Waals surface area contributed by atoms with Crippen molar-refractivity contribution < 1.29 is 19.2 Å². The number of ether oxygens (including phenoxy) is 1. The van der Waals surface area contributed by atoms with Gasteiger partial charge in [0.1, 0.15) is 12.6 Å². The zero-order valence-corrected chi connectivity index (χ0v) is 14.5. The minimum absolute atomic E-state index is 0.0556. The van der Waals surface area contributed by atoms with E-state index in [0.717, 1.165) is 5.56 Å². The van der Waals surface area contributed by atoms with Gasteiger partial charge in [-0.15, -0.1) is 0 Å². The first-order valence-corrected chi connectivity index (χ1v) is 8.57. The molecule has 3 rings (SSSR count). The Morgan fingerprint density at radius 2 is 1.85 bits per heavy atom. The molecule has 8 heteroatoms. The summed E-state index contributed by atoms with van der Waals surface area (Å²) in [7, 11) is 0. The highest BCUT2D eigenvalue weighted by atomic mass is 16.6. The number of nitro benzene ring substituents is 1. The van der Waals surface area contributed by atoms with Crippen LogP contribution in [0.25, 0.3) is 0 Å². The lowest BCUT2D eigenvalue weighted by molar-refractivity contribution is -0.384. The number of benzene rings is 2. The zero-order chi connectivity index (χ0) is 19.2. The monoisotopic (exact) mass is 369 g/mol. The van der Waals surface area contributed by atoms with Gasteiger partial charge in [-0.2, -0.15) is 0 Å². The van der Waals surface area contributed by atoms with Crippen LogP contribution in [0.5, 0.6) is 0 Å². The number of carbonyl (C=O) groups excluding carboxylic acids is 2. The molecule has 1 unspecified atom stereocenters. The van der Waals surface area contributed by atoms with E-state index in [0.29, 0.717) is 25.1 Å². The topological polar surface area (TPSA) is 102 Å². The third-order valence-corrected chi connectivity index (χ3v) is 4.34. The first-order valence-electron chi connectivity index (χ1n) is 8.57. The van der Waals surface area contributed by atoms with E-state index in [9.17, 15) is 19.7 Å². The molecule has 0 radical (unpaired) electrons. The van der Waals surface area contributed by atoms with Gasteiger partial charge in [-0.3, -0.25) is 19.8 Å². The molecule has 8 nitrogen and oxygen atoms in total. The van der Waals surface area contributed by atoms with Crippen LogP contribution in [0.3, 0.4) is 0 Å². The van der Waals surface area contributed by atoms with Crippen molar-refractivity contribution in [3.8, 4) is 0 Å². The molecular formula is C19H19N3O5. The maximum absolute atomic E-state index is 12.5. The number of carbonyl (C=O) groups is 2.